The van der Waals surface area contributed by atoms with Crippen LogP contribution in [0.25, 0.3) is 0 Å². The third-order valence-electron chi connectivity index (χ3n) is 3.34. The molecule has 0 fully saturated rings. The van der Waals surface area contributed by atoms with E-state index in [1.54, 1.807) is 24.7 Å². The van der Waals surface area contributed by atoms with Crippen LogP contribution in [0.2, 0.25) is 10.0 Å². The summed E-state index contributed by atoms with van der Waals surface area (Å²) < 4.78 is 0. The number of carbonyl (C=O) groups excluding carboxylic acids is 1. The Labute approximate surface area is 160 Å². The summed E-state index contributed by atoms with van der Waals surface area (Å²) in [6, 6.07) is 5.35. The van der Waals surface area contributed by atoms with Crippen molar-refractivity contribution in [2.24, 2.45) is 4.99 Å². The maximum atomic E-state index is 12.0. The summed E-state index contributed by atoms with van der Waals surface area (Å²) in [6.45, 7) is 3.34. The maximum Gasteiger partial charge on any atom is 0.263 e. The van der Waals surface area contributed by atoms with Gasteiger partial charge in [0.05, 0.1) is 11.2 Å². The Bertz CT molecular complexity index is 763. The van der Waals surface area contributed by atoms with E-state index in [1.165, 1.54) is 11.3 Å². The number of aryl methyl sites for hydroxylation is 1. The van der Waals surface area contributed by atoms with Gasteiger partial charge in [0.25, 0.3) is 5.91 Å². The number of aliphatic imine (C=N–C) groups is 1. The fourth-order valence-electron chi connectivity index (χ4n) is 2.02. The monoisotopic (exact) mass is 399 g/mol. The number of benzene rings is 1. The van der Waals surface area contributed by atoms with Gasteiger partial charge in [-0.25, -0.2) is 4.98 Å². The van der Waals surface area contributed by atoms with E-state index in [0.29, 0.717) is 40.5 Å². The molecule has 0 aliphatic carbocycles. The van der Waals surface area contributed by atoms with E-state index >= 15 is 0 Å². The van der Waals surface area contributed by atoms with Crippen molar-refractivity contribution in [1.82, 2.24) is 20.9 Å². The van der Waals surface area contributed by atoms with Gasteiger partial charge in [-0.3, -0.25) is 9.79 Å². The molecule has 2 aromatic rings. The number of rotatable bonds is 6. The van der Waals surface area contributed by atoms with Crippen molar-refractivity contribution in [2.75, 3.05) is 20.1 Å². The molecule has 25 heavy (non-hydrogen) atoms. The Hall–Kier alpha value is -1.83. The first kappa shape index (κ1) is 19.5. The van der Waals surface area contributed by atoms with Gasteiger partial charge in [0, 0.05) is 36.7 Å². The number of nitrogens with one attached hydrogen (secondary N) is 3. The largest absolute Gasteiger partial charge is 0.355 e. The number of amides is 1. The molecular formula is C16H19Cl2N5OS. The Morgan fingerprint density at radius 1 is 1.24 bits per heavy atom. The van der Waals surface area contributed by atoms with Crippen LogP contribution in [0.15, 0.2) is 28.7 Å². The van der Waals surface area contributed by atoms with E-state index in [4.69, 9.17) is 23.2 Å². The van der Waals surface area contributed by atoms with Crippen LogP contribution in [0, 0.1) is 6.92 Å². The topological polar surface area (TPSA) is 78.4 Å². The molecule has 0 saturated carbocycles. The molecule has 1 aromatic carbocycles. The van der Waals surface area contributed by atoms with Crippen LogP contribution in [0.5, 0.6) is 0 Å². The van der Waals surface area contributed by atoms with Crippen LogP contribution in [0.3, 0.4) is 0 Å². The average Bonchev–Trinajstić information content (AvgIpc) is 3.01. The molecule has 0 bridgehead atoms. The summed E-state index contributed by atoms with van der Waals surface area (Å²) in [5.74, 6) is 0.506. The predicted octanol–water partition coefficient (Wildman–Crippen LogP) is 2.85. The first-order valence-electron chi connectivity index (χ1n) is 7.58. The zero-order valence-corrected chi connectivity index (χ0v) is 16.2. The van der Waals surface area contributed by atoms with Gasteiger partial charge in [-0.2, -0.15) is 0 Å². The van der Waals surface area contributed by atoms with Crippen molar-refractivity contribution < 1.29 is 4.79 Å². The minimum absolute atomic E-state index is 0.113. The highest BCUT2D eigenvalue weighted by Gasteiger charge is 2.10. The van der Waals surface area contributed by atoms with E-state index in [0.717, 1.165) is 11.3 Å². The molecule has 0 aliphatic heterocycles. The molecule has 1 heterocycles. The van der Waals surface area contributed by atoms with Crippen molar-refractivity contribution >= 4 is 46.4 Å². The van der Waals surface area contributed by atoms with Crippen molar-refractivity contribution in [2.45, 2.75) is 13.5 Å². The zero-order valence-electron chi connectivity index (χ0n) is 13.9. The average molecular weight is 400 g/mol. The van der Waals surface area contributed by atoms with E-state index < -0.39 is 0 Å². The fourth-order valence-corrected chi connectivity index (χ4v) is 3.22. The van der Waals surface area contributed by atoms with Crippen LogP contribution in [-0.4, -0.2) is 37.0 Å². The Morgan fingerprint density at radius 2 is 2.00 bits per heavy atom. The van der Waals surface area contributed by atoms with Crippen LogP contribution in [0.4, 0.5) is 0 Å². The molecule has 1 aromatic heterocycles. The van der Waals surface area contributed by atoms with Crippen LogP contribution in [-0.2, 0) is 6.54 Å². The molecule has 0 unspecified atom stereocenters. The van der Waals surface area contributed by atoms with Gasteiger partial charge < -0.3 is 16.0 Å². The molecule has 0 spiro atoms. The van der Waals surface area contributed by atoms with Gasteiger partial charge in [0.1, 0.15) is 4.88 Å². The first-order chi connectivity index (χ1) is 12.0. The number of halogens is 2. The second-order valence-corrected chi connectivity index (χ2v) is 6.81. The van der Waals surface area contributed by atoms with Crippen molar-refractivity contribution in [1.29, 1.82) is 0 Å². The van der Waals surface area contributed by atoms with Crippen molar-refractivity contribution in [3.05, 3.63) is 49.9 Å². The van der Waals surface area contributed by atoms with Crippen molar-refractivity contribution in [3.63, 3.8) is 0 Å². The molecular weight excluding hydrogens is 381 g/mol. The van der Waals surface area contributed by atoms with Gasteiger partial charge in [0.15, 0.2) is 5.96 Å². The highest BCUT2D eigenvalue weighted by Crippen LogP contribution is 2.20. The zero-order chi connectivity index (χ0) is 18.2. The molecule has 134 valence electrons. The highest BCUT2D eigenvalue weighted by molar-refractivity contribution is 7.11. The Balaban J connectivity index is 1.73. The SMILES string of the molecule is CN=C(NCCNC(=O)c1scnc1C)NCc1ccc(Cl)cc1Cl. The smallest absolute Gasteiger partial charge is 0.263 e. The summed E-state index contributed by atoms with van der Waals surface area (Å²) in [5, 5.41) is 10.3. The molecule has 9 heteroatoms. The summed E-state index contributed by atoms with van der Waals surface area (Å²) in [6.07, 6.45) is 0. The van der Waals surface area contributed by atoms with Gasteiger partial charge in [-0.05, 0) is 24.6 Å². The number of carbonyl (C=O) groups is 1. The molecule has 3 N–H and O–H groups in total. The minimum atomic E-state index is -0.113. The lowest BCUT2D eigenvalue weighted by molar-refractivity contribution is 0.0957. The Morgan fingerprint density at radius 3 is 2.64 bits per heavy atom. The fraction of sp³-hybridized carbons (Fsp3) is 0.312. The lowest BCUT2D eigenvalue weighted by Crippen LogP contribution is -2.41. The number of hydrogen-bond acceptors (Lipinski definition) is 4. The van der Waals surface area contributed by atoms with Crippen molar-refractivity contribution in [3.8, 4) is 0 Å². The normalized spacial score (nSPS) is 11.3. The number of guanidine groups is 1. The Kier molecular flexibility index (Phi) is 7.49. The third kappa shape index (κ3) is 5.88. The van der Waals surface area contributed by atoms with Crippen LogP contribution >= 0.6 is 34.5 Å². The molecule has 0 aliphatic rings. The van der Waals surface area contributed by atoms with E-state index in [2.05, 4.69) is 25.9 Å². The van der Waals surface area contributed by atoms with Gasteiger partial charge in [0.2, 0.25) is 0 Å². The molecule has 0 atom stereocenters. The summed E-state index contributed by atoms with van der Waals surface area (Å²) >= 11 is 13.4. The number of aromatic nitrogens is 1. The lowest BCUT2D eigenvalue weighted by Gasteiger charge is -2.13. The lowest BCUT2D eigenvalue weighted by atomic mass is 10.2. The highest BCUT2D eigenvalue weighted by atomic mass is 35.5. The molecule has 0 saturated heterocycles. The second-order valence-electron chi connectivity index (χ2n) is 5.11. The summed E-state index contributed by atoms with van der Waals surface area (Å²) in [5.41, 5.74) is 3.33. The standard InChI is InChI=1S/C16H19Cl2N5OS/c1-10-14(25-9-23-10)15(24)20-5-6-21-16(19-2)22-8-11-3-4-12(17)7-13(11)18/h3-4,7,9H,5-6,8H2,1-2H3,(H,20,24)(H2,19,21,22). The van der Waals surface area contributed by atoms with Gasteiger partial charge in [-0.15, -0.1) is 11.3 Å². The number of hydrogen-bond donors (Lipinski definition) is 3. The van der Waals surface area contributed by atoms with Gasteiger partial charge >= 0.3 is 0 Å². The third-order valence-corrected chi connectivity index (χ3v) is 4.85. The quantitative estimate of drug-likeness (QED) is 0.396. The van der Waals surface area contributed by atoms with E-state index in [-0.39, 0.29) is 5.91 Å². The molecule has 6 nitrogen and oxygen atoms in total. The van der Waals surface area contributed by atoms with Crippen LogP contribution in [0.1, 0.15) is 20.9 Å². The molecule has 0 radical (unpaired) electrons. The summed E-state index contributed by atoms with van der Waals surface area (Å²) in [4.78, 5) is 20.8. The second kappa shape index (κ2) is 9.60. The van der Waals surface area contributed by atoms with E-state index in [9.17, 15) is 4.79 Å². The first-order valence-corrected chi connectivity index (χ1v) is 9.21. The van der Waals surface area contributed by atoms with Crippen LogP contribution < -0.4 is 16.0 Å². The summed E-state index contributed by atoms with van der Waals surface area (Å²) in [7, 11) is 1.68. The number of nitrogens with zero attached hydrogens (tertiary/aromatic N) is 2. The number of thiazole rings is 1. The van der Waals surface area contributed by atoms with Gasteiger partial charge in [-0.1, -0.05) is 29.3 Å². The minimum Gasteiger partial charge on any atom is -0.355 e. The van der Waals surface area contributed by atoms with E-state index in [1.807, 2.05) is 13.0 Å². The molecule has 1 amide bonds. The predicted molar refractivity (Wildman–Crippen MR) is 104 cm³/mol. The molecule has 2 rings (SSSR count). The maximum absolute atomic E-state index is 12.0.